The molecule has 0 saturated carbocycles. The molecule has 0 heterocycles. The van der Waals surface area contributed by atoms with Crippen LogP contribution in [-0.2, 0) is 9.53 Å². The van der Waals surface area contributed by atoms with Crippen molar-refractivity contribution in [3.63, 3.8) is 0 Å². The van der Waals surface area contributed by atoms with E-state index in [9.17, 15) is 9.59 Å². The van der Waals surface area contributed by atoms with Crippen molar-refractivity contribution in [1.29, 1.82) is 0 Å². The molecule has 3 N–H and O–H groups in total. The zero-order valence-corrected chi connectivity index (χ0v) is 20.4. The Morgan fingerprint density at radius 1 is 1.04 bits per heavy atom. The minimum Gasteiger partial charge on any atom is -0.444 e. The van der Waals surface area contributed by atoms with E-state index in [0.29, 0.717) is 19.0 Å². The van der Waals surface area contributed by atoms with Crippen LogP contribution in [0.25, 0.3) is 0 Å². The van der Waals surface area contributed by atoms with E-state index in [4.69, 9.17) is 4.74 Å². The van der Waals surface area contributed by atoms with Gasteiger partial charge >= 0.3 is 6.09 Å². The van der Waals surface area contributed by atoms with Gasteiger partial charge in [-0.15, -0.1) is 24.0 Å². The molecule has 0 radical (unpaired) electrons. The largest absolute Gasteiger partial charge is 0.444 e. The quantitative estimate of drug-likeness (QED) is 0.271. The van der Waals surface area contributed by atoms with Crippen LogP contribution in [0, 0.1) is 0 Å². The van der Waals surface area contributed by atoms with Crippen molar-refractivity contribution in [2.24, 2.45) is 4.99 Å². The minimum absolute atomic E-state index is 0. The van der Waals surface area contributed by atoms with Crippen LogP contribution >= 0.6 is 24.0 Å². The Labute approximate surface area is 181 Å². The van der Waals surface area contributed by atoms with E-state index in [2.05, 4.69) is 20.9 Å². The van der Waals surface area contributed by atoms with E-state index in [0.717, 1.165) is 12.8 Å². The fourth-order valence-electron chi connectivity index (χ4n) is 2.12. The average Bonchev–Trinajstić information content (AvgIpc) is 2.53. The van der Waals surface area contributed by atoms with E-state index in [-0.39, 0.29) is 36.4 Å². The predicted molar refractivity (Wildman–Crippen MR) is 121 cm³/mol. The third kappa shape index (κ3) is 11.9. The molecule has 0 rings (SSSR count). The second-order valence-electron chi connectivity index (χ2n) is 7.45. The van der Waals surface area contributed by atoms with Gasteiger partial charge in [-0.05, 0) is 40.5 Å². The maximum atomic E-state index is 12.2. The Morgan fingerprint density at radius 3 is 2.00 bits per heavy atom. The van der Waals surface area contributed by atoms with Crippen LogP contribution in [0.15, 0.2) is 4.99 Å². The molecule has 0 atom stereocenters. The first kappa shape index (κ1) is 28.0. The lowest BCUT2D eigenvalue weighted by Gasteiger charge is -2.34. The zero-order chi connectivity index (χ0) is 20.4. The van der Waals surface area contributed by atoms with Crippen LogP contribution in [0.2, 0.25) is 0 Å². The lowest BCUT2D eigenvalue weighted by atomic mass is 9.93. The molecule has 0 aliphatic carbocycles. The number of halogens is 1. The van der Waals surface area contributed by atoms with Crippen molar-refractivity contribution in [2.75, 3.05) is 33.7 Å². The molecule has 160 valence electrons. The molecule has 0 aliphatic heterocycles. The maximum absolute atomic E-state index is 12.2. The van der Waals surface area contributed by atoms with E-state index < -0.39 is 17.2 Å². The summed E-state index contributed by atoms with van der Waals surface area (Å²) in [5.74, 6) is 0.464. The first-order valence-corrected chi connectivity index (χ1v) is 9.22. The number of carbonyl (C=O) groups is 2. The zero-order valence-electron chi connectivity index (χ0n) is 18.1. The molecule has 0 aromatic heterocycles. The highest BCUT2D eigenvalue weighted by atomic mass is 127. The Bertz CT molecular complexity index is 486. The Kier molecular flexibility index (Phi) is 13.5. The van der Waals surface area contributed by atoms with Gasteiger partial charge in [0.25, 0.3) is 0 Å². The lowest BCUT2D eigenvalue weighted by molar-refractivity contribution is -0.127. The third-order valence-corrected chi connectivity index (χ3v) is 3.93. The first-order chi connectivity index (χ1) is 12.0. The van der Waals surface area contributed by atoms with Gasteiger partial charge < -0.3 is 25.6 Å². The number of alkyl carbamates (subject to hydrolysis) is 1. The molecule has 0 aromatic carbocycles. The summed E-state index contributed by atoms with van der Waals surface area (Å²) in [5.41, 5.74) is -1.02. The minimum atomic E-state index is -0.548. The number of rotatable bonds is 8. The molecule has 0 bridgehead atoms. The second-order valence-corrected chi connectivity index (χ2v) is 7.45. The fourth-order valence-corrected chi connectivity index (χ4v) is 2.12. The Morgan fingerprint density at radius 2 is 1.59 bits per heavy atom. The predicted octanol–water partition coefficient (Wildman–Crippen LogP) is 2.33. The number of likely N-dealkylation sites (N-methyl/N-ethyl adjacent to an activating group) is 1. The summed E-state index contributed by atoms with van der Waals surface area (Å²) < 4.78 is 5.38. The van der Waals surface area contributed by atoms with E-state index in [1.807, 2.05) is 41.5 Å². The summed E-state index contributed by atoms with van der Waals surface area (Å²) in [4.78, 5) is 29.7. The Balaban J connectivity index is 0. The molecule has 9 heteroatoms. The van der Waals surface area contributed by atoms with Crippen molar-refractivity contribution in [2.45, 2.75) is 65.5 Å². The van der Waals surface area contributed by atoms with Crippen molar-refractivity contribution in [3.8, 4) is 0 Å². The van der Waals surface area contributed by atoms with Crippen molar-refractivity contribution in [1.82, 2.24) is 20.9 Å². The summed E-state index contributed by atoms with van der Waals surface area (Å²) in [6.45, 7) is 12.7. The Hall–Kier alpha value is -1.26. The summed E-state index contributed by atoms with van der Waals surface area (Å²) in [6, 6.07) is 0. The standard InChI is InChI=1S/C18H37N5O3.HI/c1-9-18(10-2,22-16(25)26-17(4,5)6)13-21-15(19-11-3)20-12-14(24)23(7)8;/h9-13H2,1-8H3,(H,22,25)(H2,19,20,21);1H. The van der Waals surface area contributed by atoms with Gasteiger partial charge in [-0.1, -0.05) is 13.8 Å². The maximum Gasteiger partial charge on any atom is 0.408 e. The van der Waals surface area contributed by atoms with Gasteiger partial charge in [-0.25, -0.2) is 9.79 Å². The molecule has 8 nitrogen and oxygen atoms in total. The lowest BCUT2D eigenvalue weighted by Crippen LogP contribution is -2.57. The molecule has 2 amide bonds. The van der Waals surface area contributed by atoms with Gasteiger partial charge in [-0.2, -0.15) is 0 Å². The fraction of sp³-hybridized carbons (Fsp3) is 0.833. The molecule has 0 spiro atoms. The number of carbonyl (C=O) groups excluding carboxylic acids is 2. The summed E-state index contributed by atoms with van der Waals surface area (Å²) >= 11 is 0. The van der Waals surface area contributed by atoms with Crippen LogP contribution in [0.1, 0.15) is 54.4 Å². The number of ether oxygens (including phenoxy) is 1. The highest BCUT2D eigenvalue weighted by Crippen LogP contribution is 2.16. The van der Waals surface area contributed by atoms with Gasteiger partial charge in [0, 0.05) is 27.2 Å². The molecule has 0 aromatic rings. The average molecular weight is 499 g/mol. The van der Waals surface area contributed by atoms with Gasteiger partial charge in [-0.3, -0.25) is 4.79 Å². The van der Waals surface area contributed by atoms with Crippen molar-refractivity contribution < 1.29 is 14.3 Å². The number of hydrogen-bond acceptors (Lipinski definition) is 4. The molecule has 27 heavy (non-hydrogen) atoms. The van der Waals surface area contributed by atoms with Gasteiger partial charge in [0.2, 0.25) is 5.91 Å². The molecule has 0 aliphatic rings. The smallest absolute Gasteiger partial charge is 0.408 e. The number of guanidine groups is 1. The van der Waals surface area contributed by atoms with Crippen molar-refractivity contribution in [3.05, 3.63) is 0 Å². The SMILES string of the molecule is CCNC(=NCC(=O)N(C)C)NCC(CC)(CC)NC(=O)OC(C)(C)C.I. The molecule has 0 unspecified atom stereocenters. The number of amides is 2. The van der Waals surface area contributed by atoms with Crippen LogP contribution in [0.4, 0.5) is 4.79 Å². The van der Waals surface area contributed by atoms with E-state index >= 15 is 0 Å². The summed E-state index contributed by atoms with van der Waals surface area (Å²) in [5, 5.41) is 9.32. The van der Waals surface area contributed by atoms with Gasteiger partial charge in [0.15, 0.2) is 5.96 Å². The van der Waals surface area contributed by atoms with Crippen LogP contribution < -0.4 is 16.0 Å². The normalized spacial score (nSPS) is 11.9. The first-order valence-electron chi connectivity index (χ1n) is 9.22. The van der Waals surface area contributed by atoms with Crippen LogP contribution in [-0.4, -0.2) is 67.7 Å². The number of aliphatic imine (C=N–C) groups is 1. The number of nitrogens with zero attached hydrogens (tertiary/aromatic N) is 2. The topological polar surface area (TPSA) is 95.1 Å². The van der Waals surface area contributed by atoms with Crippen LogP contribution in [0.3, 0.4) is 0 Å². The van der Waals surface area contributed by atoms with E-state index in [1.165, 1.54) is 4.90 Å². The second kappa shape index (κ2) is 13.0. The third-order valence-electron chi connectivity index (χ3n) is 3.93. The van der Waals surface area contributed by atoms with Crippen molar-refractivity contribution >= 4 is 41.9 Å². The molecule has 0 saturated heterocycles. The monoisotopic (exact) mass is 499 g/mol. The number of hydrogen-bond donors (Lipinski definition) is 3. The number of nitrogens with one attached hydrogen (secondary N) is 3. The van der Waals surface area contributed by atoms with Gasteiger partial charge in [0.05, 0.1) is 5.54 Å². The summed E-state index contributed by atoms with van der Waals surface area (Å²) in [7, 11) is 3.39. The highest BCUT2D eigenvalue weighted by molar-refractivity contribution is 14.0. The molecular weight excluding hydrogens is 461 g/mol. The van der Waals surface area contributed by atoms with E-state index in [1.54, 1.807) is 14.1 Å². The van der Waals surface area contributed by atoms with Gasteiger partial charge in [0.1, 0.15) is 12.1 Å². The molecular formula is C18H38IN5O3. The highest BCUT2D eigenvalue weighted by Gasteiger charge is 2.30. The molecule has 0 fully saturated rings. The summed E-state index contributed by atoms with van der Waals surface area (Å²) in [6.07, 6.45) is 1.02. The van der Waals surface area contributed by atoms with Crippen LogP contribution in [0.5, 0.6) is 0 Å².